The van der Waals surface area contributed by atoms with E-state index in [2.05, 4.69) is 32.4 Å². The molecule has 0 radical (unpaired) electrons. The Bertz CT molecular complexity index is 989. The van der Waals surface area contributed by atoms with E-state index in [9.17, 15) is 4.79 Å². The number of benzene rings is 1. The van der Waals surface area contributed by atoms with Crippen LogP contribution in [0.2, 0.25) is 0 Å². The molecule has 1 aromatic carbocycles. The lowest BCUT2D eigenvalue weighted by Crippen LogP contribution is -2.48. The second-order valence-electron chi connectivity index (χ2n) is 7.47. The summed E-state index contributed by atoms with van der Waals surface area (Å²) in [4.78, 5) is 28.1. The first kappa shape index (κ1) is 19.5. The summed E-state index contributed by atoms with van der Waals surface area (Å²) < 4.78 is 0. The fourth-order valence-corrected chi connectivity index (χ4v) is 5.10. The number of aromatic amines is 1. The van der Waals surface area contributed by atoms with Crippen LogP contribution in [0.15, 0.2) is 29.8 Å². The van der Waals surface area contributed by atoms with Gasteiger partial charge in [-0.25, -0.2) is 4.98 Å². The normalized spacial score (nSPS) is 23.4. The molecular formula is C20H23N5O3S. The third-order valence-corrected chi connectivity index (χ3v) is 6.71. The molecule has 3 aromatic rings. The summed E-state index contributed by atoms with van der Waals surface area (Å²) in [6, 6.07) is 7.43. The molecule has 0 saturated carbocycles. The molecule has 2 aliphatic rings. The minimum absolute atomic E-state index is 0.0820. The Morgan fingerprint density at radius 3 is 2.72 bits per heavy atom. The van der Waals surface area contributed by atoms with Crippen molar-refractivity contribution < 1.29 is 14.7 Å². The molecule has 0 aliphatic carbocycles. The maximum absolute atomic E-state index is 12.9. The number of H-pyrrole nitrogens is 1. The van der Waals surface area contributed by atoms with E-state index in [1.807, 2.05) is 23.6 Å². The standard InChI is InChI=1S/C19H21N5OS.CH2O2/c1-24-13-3-4-14(24)10-12(9-13)21-18(25)17-15-8-11(19-20-6-7-26-19)2-5-16(15)22-23-17;2-1-3/h2,5-8,12-14H,3-4,9-10H2,1H3,(H,21,25)(H,22,23);1H,(H,2,3). The zero-order valence-corrected chi connectivity index (χ0v) is 16.9. The van der Waals surface area contributed by atoms with Crippen LogP contribution in [0.5, 0.6) is 0 Å². The van der Waals surface area contributed by atoms with Gasteiger partial charge < -0.3 is 15.3 Å². The summed E-state index contributed by atoms with van der Waals surface area (Å²) in [5.41, 5.74) is 2.36. The molecule has 2 unspecified atom stereocenters. The van der Waals surface area contributed by atoms with Crippen LogP contribution in [0.1, 0.15) is 36.2 Å². The smallest absolute Gasteiger partial charge is 0.290 e. The zero-order chi connectivity index (χ0) is 20.4. The monoisotopic (exact) mass is 413 g/mol. The first-order valence-electron chi connectivity index (χ1n) is 9.59. The van der Waals surface area contributed by atoms with Crippen LogP contribution in [0.4, 0.5) is 0 Å². The number of carboxylic acid groups (broad SMARTS) is 1. The zero-order valence-electron chi connectivity index (χ0n) is 16.0. The van der Waals surface area contributed by atoms with E-state index in [1.165, 1.54) is 12.8 Å². The minimum Gasteiger partial charge on any atom is -0.483 e. The van der Waals surface area contributed by atoms with Crippen molar-refractivity contribution in [3.05, 3.63) is 35.5 Å². The predicted molar refractivity (Wildman–Crippen MR) is 111 cm³/mol. The number of carbonyl (C=O) groups excluding carboxylic acids is 1. The maximum atomic E-state index is 12.9. The van der Waals surface area contributed by atoms with Gasteiger partial charge >= 0.3 is 0 Å². The summed E-state index contributed by atoms with van der Waals surface area (Å²) >= 11 is 1.59. The van der Waals surface area contributed by atoms with Crippen LogP contribution < -0.4 is 5.32 Å². The van der Waals surface area contributed by atoms with E-state index >= 15 is 0 Å². The van der Waals surface area contributed by atoms with E-state index in [1.54, 1.807) is 17.5 Å². The molecule has 0 spiro atoms. The highest BCUT2D eigenvalue weighted by Crippen LogP contribution is 2.34. The third-order valence-electron chi connectivity index (χ3n) is 5.89. The molecule has 3 N–H and O–H groups in total. The first-order valence-corrected chi connectivity index (χ1v) is 10.5. The van der Waals surface area contributed by atoms with Crippen molar-refractivity contribution in [3.8, 4) is 10.6 Å². The number of fused-ring (bicyclic) bond motifs is 3. The van der Waals surface area contributed by atoms with Gasteiger partial charge in [-0.1, -0.05) is 0 Å². The Labute approximate surface area is 171 Å². The lowest BCUT2D eigenvalue weighted by Gasteiger charge is -2.36. The van der Waals surface area contributed by atoms with Crippen LogP contribution in [-0.2, 0) is 4.79 Å². The Morgan fingerprint density at radius 2 is 2.07 bits per heavy atom. The lowest BCUT2D eigenvalue weighted by atomic mass is 9.98. The second-order valence-corrected chi connectivity index (χ2v) is 8.36. The molecule has 8 nitrogen and oxygen atoms in total. The predicted octanol–water partition coefficient (Wildman–Crippen LogP) is 2.74. The average Bonchev–Trinajstić information content (AvgIpc) is 3.41. The summed E-state index contributed by atoms with van der Waals surface area (Å²) in [6.45, 7) is -0.250. The number of carbonyl (C=O) groups is 2. The largest absolute Gasteiger partial charge is 0.483 e. The van der Waals surface area contributed by atoms with Crippen LogP contribution in [0.25, 0.3) is 21.5 Å². The van der Waals surface area contributed by atoms with Gasteiger partial charge in [0.2, 0.25) is 0 Å². The van der Waals surface area contributed by atoms with Crippen molar-refractivity contribution in [2.45, 2.75) is 43.8 Å². The van der Waals surface area contributed by atoms with E-state index in [4.69, 9.17) is 9.90 Å². The summed E-state index contributed by atoms with van der Waals surface area (Å²) in [5, 5.41) is 21.1. The molecule has 2 aliphatic heterocycles. The van der Waals surface area contributed by atoms with Gasteiger partial charge in [0.1, 0.15) is 5.01 Å². The quantitative estimate of drug-likeness (QED) is 0.570. The number of aromatic nitrogens is 3. The van der Waals surface area contributed by atoms with Crippen molar-refractivity contribution in [3.63, 3.8) is 0 Å². The van der Waals surface area contributed by atoms with E-state index in [0.717, 1.165) is 34.3 Å². The lowest BCUT2D eigenvalue weighted by molar-refractivity contribution is -0.122. The number of nitrogens with one attached hydrogen (secondary N) is 2. The van der Waals surface area contributed by atoms with Crippen LogP contribution >= 0.6 is 11.3 Å². The molecule has 152 valence electrons. The van der Waals surface area contributed by atoms with Gasteiger partial charge in [0.05, 0.1) is 5.52 Å². The average molecular weight is 414 g/mol. The molecular weight excluding hydrogens is 390 g/mol. The second kappa shape index (κ2) is 8.30. The number of hydrogen-bond acceptors (Lipinski definition) is 6. The highest BCUT2D eigenvalue weighted by molar-refractivity contribution is 7.13. The number of nitrogens with zero attached hydrogens (tertiary/aromatic N) is 3. The van der Waals surface area contributed by atoms with Crippen molar-refractivity contribution >= 4 is 34.6 Å². The van der Waals surface area contributed by atoms with E-state index < -0.39 is 0 Å². The Balaban J connectivity index is 0.000000645. The van der Waals surface area contributed by atoms with Gasteiger partial charge in [-0.2, -0.15) is 5.10 Å². The fourth-order valence-electron chi connectivity index (χ4n) is 4.47. The molecule has 2 fully saturated rings. The molecule has 2 saturated heterocycles. The van der Waals surface area contributed by atoms with Gasteiger partial charge in [-0.15, -0.1) is 11.3 Å². The molecule has 5 rings (SSSR count). The molecule has 2 aromatic heterocycles. The molecule has 2 atom stereocenters. The number of piperidine rings is 1. The van der Waals surface area contributed by atoms with Crippen LogP contribution in [0.3, 0.4) is 0 Å². The summed E-state index contributed by atoms with van der Waals surface area (Å²) in [5.74, 6) is -0.0820. The highest BCUT2D eigenvalue weighted by atomic mass is 32.1. The Kier molecular flexibility index (Phi) is 5.59. The van der Waals surface area contributed by atoms with Gasteiger partial charge in [0, 0.05) is 40.7 Å². The SMILES string of the molecule is CN1C2CCC1CC(NC(=O)c1n[nH]c3ccc(-c4nccs4)cc13)C2.O=CO. The number of thiazole rings is 1. The minimum atomic E-state index is -0.250. The molecule has 1 amide bonds. The highest BCUT2D eigenvalue weighted by Gasteiger charge is 2.39. The number of hydrogen-bond donors (Lipinski definition) is 3. The molecule has 9 heteroatoms. The summed E-state index contributed by atoms with van der Waals surface area (Å²) in [6.07, 6.45) is 6.35. The first-order chi connectivity index (χ1) is 14.1. The van der Waals surface area contributed by atoms with Crippen molar-refractivity contribution in [2.75, 3.05) is 7.05 Å². The van der Waals surface area contributed by atoms with Crippen LogP contribution in [-0.4, -0.2) is 62.7 Å². The van der Waals surface area contributed by atoms with E-state index in [-0.39, 0.29) is 18.4 Å². The topological polar surface area (TPSA) is 111 Å². The summed E-state index contributed by atoms with van der Waals surface area (Å²) in [7, 11) is 2.21. The Hall–Kier alpha value is -2.78. The van der Waals surface area contributed by atoms with Crippen molar-refractivity contribution in [1.82, 2.24) is 25.4 Å². The number of amides is 1. The van der Waals surface area contributed by atoms with Gasteiger partial charge in [-0.3, -0.25) is 14.7 Å². The van der Waals surface area contributed by atoms with Crippen LogP contribution in [0, 0.1) is 0 Å². The van der Waals surface area contributed by atoms with Gasteiger partial charge in [0.25, 0.3) is 12.4 Å². The molecule has 2 bridgehead atoms. The Morgan fingerprint density at radius 1 is 1.34 bits per heavy atom. The molecule has 4 heterocycles. The van der Waals surface area contributed by atoms with Gasteiger partial charge in [-0.05, 0) is 50.9 Å². The van der Waals surface area contributed by atoms with Crippen molar-refractivity contribution in [2.24, 2.45) is 0 Å². The van der Waals surface area contributed by atoms with Crippen molar-refractivity contribution in [1.29, 1.82) is 0 Å². The van der Waals surface area contributed by atoms with Gasteiger partial charge in [0.15, 0.2) is 5.69 Å². The number of rotatable bonds is 3. The maximum Gasteiger partial charge on any atom is 0.290 e. The molecule has 29 heavy (non-hydrogen) atoms. The fraction of sp³-hybridized carbons (Fsp3) is 0.400. The third kappa shape index (κ3) is 3.88. The van der Waals surface area contributed by atoms with E-state index in [0.29, 0.717) is 17.8 Å².